The maximum atomic E-state index is 11.9. The Labute approximate surface area is 86.2 Å². The average molecular weight is 248 g/mol. The number of halogens is 5. The van der Waals surface area contributed by atoms with Gasteiger partial charge in [-0.05, 0) is 6.07 Å². The number of nitrogens with zero attached hydrogens (tertiary/aromatic N) is 1. The van der Waals surface area contributed by atoms with Crippen molar-refractivity contribution >= 4 is 35.0 Å². The maximum Gasteiger partial charge on any atom is 0.447 e. The van der Waals surface area contributed by atoms with Gasteiger partial charge in [-0.3, -0.25) is 0 Å². The zero-order valence-electron chi connectivity index (χ0n) is 5.90. The predicted molar refractivity (Wildman–Crippen MR) is 46.2 cm³/mol. The van der Waals surface area contributed by atoms with Gasteiger partial charge in [-0.15, -0.1) is 0 Å². The van der Waals surface area contributed by atoms with Crippen LogP contribution in [0.2, 0.25) is 10.0 Å². The second-order valence-electron chi connectivity index (χ2n) is 1.99. The summed E-state index contributed by atoms with van der Waals surface area (Å²) in [5.74, 6) is 0. The summed E-state index contributed by atoms with van der Waals surface area (Å²) >= 11 is 10.6. The van der Waals surface area contributed by atoms with E-state index in [0.717, 1.165) is 6.20 Å². The van der Waals surface area contributed by atoms with Crippen LogP contribution in [-0.2, 0) is 0 Å². The maximum absolute atomic E-state index is 11.9. The molecule has 0 saturated heterocycles. The van der Waals surface area contributed by atoms with Crippen molar-refractivity contribution < 1.29 is 13.2 Å². The molecule has 0 N–H and O–H groups in total. The zero-order valence-corrected chi connectivity index (χ0v) is 8.23. The Morgan fingerprint density at radius 2 is 1.92 bits per heavy atom. The minimum atomic E-state index is -4.38. The molecule has 0 atom stereocenters. The fourth-order valence-electron chi connectivity index (χ4n) is 0.587. The average Bonchev–Trinajstić information content (AvgIpc) is 1.93. The molecule has 1 nitrogen and oxygen atoms in total. The lowest BCUT2D eigenvalue weighted by Gasteiger charge is -2.05. The minimum absolute atomic E-state index is 0.102. The summed E-state index contributed by atoms with van der Waals surface area (Å²) in [5.41, 5.74) is -4.38. The zero-order chi connectivity index (χ0) is 10.1. The molecule has 0 amide bonds. The van der Waals surface area contributed by atoms with E-state index in [1.807, 2.05) is 0 Å². The molecule has 0 radical (unpaired) electrons. The van der Waals surface area contributed by atoms with Crippen molar-refractivity contribution in [3.8, 4) is 0 Å². The highest BCUT2D eigenvalue weighted by Gasteiger charge is 2.31. The van der Waals surface area contributed by atoms with Gasteiger partial charge in [-0.1, -0.05) is 23.2 Å². The van der Waals surface area contributed by atoms with Gasteiger partial charge in [0.25, 0.3) is 0 Å². The minimum Gasteiger partial charge on any atom is -0.246 e. The number of hydrogen-bond donors (Lipinski definition) is 0. The van der Waals surface area contributed by atoms with Crippen LogP contribution in [-0.4, -0.2) is 10.5 Å². The number of pyridine rings is 1. The van der Waals surface area contributed by atoms with Crippen LogP contribution in [0.4, 0.5) is 13.2 Å². The molecule has 0 spiro atoms. The topological polar surface area (TPSA) is 12.9 Å². The summed E-state index contributed by atoms with van der Waals surface area (Å²) in [6.07, 6.45) is 1.11. The van der Waals surface area contributed by atoms with E-state index in [4.69, 9.17) is 23.2 Å². The van der Waals surface area contributed by atoms with Gasteiger partial charge in [-0.25, -0.2) is 4.98 Å². The van der Waals surface area contributed by atoms with Gasteiger partial charge in [-0.2, -0.15) is 13.2 Å². The first kappa shape index (κ1) is 10.9. The molecule has 0 unspecified atom stereocenters. The highest BCUT2D eigenvalue weighted by Crippen LogP contribution is 2.39. The van der Waals surface area contributed by atoms with E-state index in [0.29, 0.717) is 0 Å². The van der Waals surface area contributed by atoms with Gasteiger partial charge in [0.2, 0.25) is 0 Å². The number of alkyl halides is 3. The summed E-state index contributed by atoms with van der Waals surface area (Å²) in [4.78, 5) is 3.44. The highest BCUT2D eigenvalue weighted by molar-refractivity contribution is 8.00. The summed E-state index contributed by atoms with van der Waals surface area (Å²) in [6, 6.07) is 1.21. The van der Waals surface area contributed by atoms with Crippen molar-refractivity contribution in [3.05, 3.63) is 22.3 Å². The molecule has 0 aromatic carbocycles. The highest BCUT2D eigenvalue weighted by atomic mass is 35.5. The number of aromatic nitrogens is 1. The first-order valence-electron chi connectivity index (χ1n) is 2.95. The first-order chi connectivity index (χ1) is 5.88. The van der Waals surface area contributed by atoms with Gasteiger partial charge < -0.3 is 0 Å². The van der Waals surface area contributed by atoms with Gasteiger partial charge >= 0.3 is 5.51 Å². The molecule has 0 saturated carbocycles. The summed E-state index contributed by atoms with van der Waals surface area (Å²) in [7, 11) is 0. The van der Waals surface area contributed by atoms with Crippen molar-refractivity contribution in [1.82, 2.24) is 4.98 Å². The van der Waals surface area contributed by atoms with Gasteiger partial charge in [0.15, 0.2) is 0 Å². The van der Waals surface area contributed by atoms with E-state index in [1.165, 1.54) is 6.07 Å². The standard InChI is InChI=1S/C6H2Cl2F3NS/c7-3-1-4(8)5(12-2-3)13-6(9,10)11/h1-2H. The molecule has 72 valence electrons. The Morgan fingerprint density at radius 3 is 2.38 bits per heavy atom. The molecular formula is C6H2Cl2F3NS. The van der Waals surface area contributed by atoms with Crippen LogP contribution in [0.25, 0.3) is 0 Å². The Bertz CT molecular complexity index is 315. The van der Waals surface area contributed by atoms with Crippen molar-refractivity contribution in [2.75, 3.05) is 0 Å². The SMILES string of the molecule is FC(F)(F)Sc1ncc(Cl)cc1Cl. The van der Waals surface area contributed by atoms with Crippen molar-refractivity contribution in [1.29, 1.82) is 0 Å². The second kappa shape index (κ2) is 3.94. The van der Waals surface area contributed by atoms with Gasteiger partial charge in [0, 0.05) is 18.0 Å². The van der Waals surface area contributed by atoms with E-state index >= 15 is 0 Å². The van der Waals surface area contributed by atoms with E-state index < -0.39 is 5.51 Å². The lowest BCUT2D eigenvalue weighted by Crippen LogP contribution is -2.00. The fourth-order valence-corrected chi connectivity index (χ4v) is 1.56. The lowest BCUT2D eigenvalue weighted by molar-refractivity contribution is -0.0329. The van der Waals surface area contributed by atoms with E-state index in [2.05, 4.69) is 4.98 Å². The quantitative estimate of drug-likeness (QED) is 0.696. The molecule has 0 fully saturated rings. The third-order valence-corrected chi connectivity index (χ3v) is 2.34. The third-order valence-electron chi connectivity index (χ3n) is 0.986. The molecule has 7 heteroatoms. The van der Waals surface area contributed by atoms with E-state index in [-0.39, 0.29) is 26.8 Å². The van der Waals surface area contributed by atoms with Crippen LogP contribution >= 0.6 is 35.0 Å². The number of hydrogen-bond acceptors (Lipinski definition) is 2. The molecule has 1 aromatic rings. The van der Waals surface area contributed by atoms with Crippen LogP contribution in [0, 0.1) is 0 Å². The summed E-state index contributed by atoms with van der Waals surface area (Å²) in [6.45, 7) is 0. The van der Waals surface area contributed by atoms with Crippen molar-refractivity contribution in [2.24, 2.45) is 0 Å². The molecule has 0 aliphatic heterocycles. The van der Waals surface area contributed by atoms with Crippen molar-refractivity contribution in [2.45, 2.75) is 10.5 Å². The number of thioether (sulfide) groups is 1. The molecule has 13 heavy (non-hydrogen) atoms. The number of rotatable bonds is 1. The Morgan fingerprint density at radius 1 is 1.31 bits per heavy atom. The molecule has 0 aliphatic carbocycles. The third kappa shape index (κ3) is 3.62. The van der Waals surface area contributed by atoms with Crippen LogP contribution in [0.15, 0.2) is 17.3 Å². The molecule has 0 bridgehead atoms. The van der Waals surface area contributed by atoms with Crippen LogP contribution < -0.4 is 0 Å². The normalized spacial score (nSPS) is 11.8. The molecule has 0 aliphatic rings. The molecular weight excluding hydrogens is 246 g/mol. The molecule has 1 heterocycles. The molecule has 1 rings (SSSR count). The second-order valence-corrected chi connectivity index (χ2v) is 3.89. The summed E-state index contributed by atoms with van der Waals surface area (Å²) in [5, 5.41) is -0.190. The predicted octanol–water partition coefficient (Wildman–Crippen LogP) is 4.00. The van der Waals surface area contributed by atoms with Crippen LogP contribution in [0.1, 0.15) is 0 Å². The smallest absolute Gasteiger partial charge is 0.246 e. The van der Waals surface area contributed by atoms with Crippen LogP contribution in [0.5, 0.6) is 0 Å². The monoisotopic (exact) mass is 247 g/mol. The Balaban J connectivity index is 2.90. The van der Waals surface area contributed by atoms with E-state index in [1.54, 1.807) is 0 Å². The van der Waals surface area contributed by atoms with Crippen molar-refractivity contribution in [3.63, 3.8) is 0 Å². The summed E-state index contributed by atoms with van der Waals surface area (Å²) < 4.78 is 35.6. The largest absolute Gasteiger partial charge is 0.447 e. The Kier molecular flexibility index (Phi) is 3.32. The van der Waals surface area contributed by atoms with Gasteiger partial charge in [0.1, 0.15) is 5.03 Å². The fraction of sp³-hybridized carbons (Fsp3) is 0.167. The lowest BCUT2D eigenvalue weighted by atomic mass is 10.5. The first-order valence-corrected chi connectivity index (χ1v) is 4.52. The van der Waals surface area contributed by atoms with Crippen LogP contribution in [0.3, 0.4) is 0 Å². The Hall–Kier alpha value is -0.130. The van der Waals surface area contributed by atoms with Gasteiger partial charge in [0.05, 0.1) is 10.0 Å². The molecule has 1 aromatic heterocycles. The van der Waals surface area contributed by atoms with E-state index in [9.17, 15) is 13.2 Å².